The smallest absolute Gasteiger partial charge is 0.268 e. The van der Waals surface area contributed by atoms with Crippen molar-refractivity contribution < 1.29 is 0 Å². The lowest BCUT2D eigenvalue weighted by molar-refractivity contribution is 0.219. The number of piperidine rings is 1. The van der Waals surface area contributed by atoms with E-state index < -0.39 is 0 Å². The van der Waals surface area contributed by atoms with Gasteiger partial charge in [-0.05, 0) is 75.3 Å². The second kappa shape index (κ2) is 6.57. The average Bonchev–Trinajstić information content (AvgIpc) is 3.27. The van der Waals surface area contributed by atoms with E-state index in [0.29, 0.717) is 6.04 Å². The number of thiophene rings is 1. The largest absolute Gasteiger partial charge is 0.311 e. The Balaban J connectivity index is 1.59. The number of nitrogens with zero attached hydrogens (tertiary/aromatic N) is 4. The van der Waals surface area contributed by atoms with Gasteiger partial charge < -0.3 is 9.47 Å². The summed E-state index contributed by atoms with van der Waals surface area (Å²) in [5.41, 5.74) is 3.51. The van der Waals surface area contributed by atoms with Crippen LogP contribution in [0.1, 0.15) is 24.4 Å². The molecule has 0 unspecified atom stereocenters. The van der Waals surface area contributed by atoms with E-state index in [9.17, 15) is 4.79 Å². The number of pyridine rings is 1. The van der Waals surface area contributed by atoms with Crippen molar-refractivity contribution in [3.63, 3.8) is 0 Å². The van der Waals surface area contributed by atoms with Crippen molar-refractivity contribution >= 4 is 32.3 Å². The quantitative estimate of drug-likeness (QED) is 0.514. The van der Waals surface area contributed by atoms with Crippen LogP contribution in [0.3, 0.4) is 0 Å². The van der Waals surface area contributed by atoms with Gasteiger partial charge in [0.1, 0.15) is 4.70 Å². The van der Waals surface area contributed by atoms with Gasteiger partial charge in [-0.2, -0.15) is 5.10 Å². The lowest BCUT2D eigenvalue weighted by Crippen LogP contribution is -2.35. The summed E-state index contributed by atoms with van der Waals surface area (Å²) >= 11 is 1.61. The van der Waals surface area contributed by atoms with Crippen LogP contribution in [-0.2, 0) is 7.05 Å². The molecule has 6 heteroatoms. The molecule has 0 saturated carbocycles. The number of likely N-dealkylation sites (tertiary alicyclic amines) is 1. The summed E-state index contributed by atoms with van der Waals surface area (Å²) in [5, 5.41) is 6.71. The molecule has 0 amide bonds. The topological polar surface area (TPSA) is 43.1 Å². The molecular weight excluding hydrogens is 368 g/mol. The number of hydrogen-bond acceptors (Lipinski definition) is 4. The zero-order valence-corrected chi connectivity index (χ0v) is 17.3. The first-order valence-electron chi connectivity index (χ1n) is 9.77. The molecule has 1 aliphatic rings. The molecule has 5 nitrogen and oxygen atoms in total. The third kappa shape index (κ3) is 2.88. The Morgan fingerprint density at radius 2 is 1.89 bits per heavy atom. The van der Waals surface area contributed by atoms with E-state index in [0.717, 1.165) is 62.9 Å². The van der Waals surface area contributed by atoms with Gasteiger partial charge in [0.25, 0.3) is 5.56 Å². The van der Waals surface area contributed by atoms with E-state index in [2.05, 4.69) is 48.2 Å². The minimum absolute atomic E-state index is 0.155. The van der Waals surface area contributed by atoms with E-state index in [1.54, 1.807) is 11.3 Å². The van der Waals surface area contributed by atoms with Gasteiger partial charge in [-0.3, -0.25) is 9.48 Å². The van der Waals surface area contributed by atoms with Crippen molar-refractivity contribution in [2.75, 3.05) is 20.1 Å². The summed E-state index contributed by atoms with van der Waals surface area (Å²) in [6, 6.07) is 8.92. The number of benzene rings is 1. The molecule has 5 rings (SSSR count). The monoisotopic (exact) mass is 392 g/mol. The lowest BCUT2D eigenvalue weighted by Gasteiger charge is -2.30. The maximum Gasteiger partial charge on any atom is 0.268 e. The normalized spacial score (nSPS) is 16.4. The first kappa shape index (κ1) is 17.6. The molecule has 0 atom stereocenters. The second-order valence-electron chi connectivity index (χ2n) is 7.99. The maximum absolute atomic E-state index is 13.2. The van der Waals surface area contributed by atoms with Crippen LogP contribution in [-0.4, -0.2) is 39.4 Å². The highest BCUT2D eigenvalue weighted by Crippen LogP contribution is 2.35. The van der Waals surface area contributed by atoms with Gasteiger partial charge in [0.15, 0.2) is 0 Å². The van der Waals surface area contributed by atoms with Crippen molar-refractivity contribution in [1.82, 2.24) is 19.2 Å². The van der Waals surface area contributed by atoms with Crippen LogP contribution in [0, 0.1) is 6.92 Å². The van der Waals surface area contributed by atoms with Crippen LogP contribution in [0.15, 0.2) is 41.5 Å². The summed E-state index contributed by atoms with van der Waals surface area (Å²) < 4.78 is 4.68. The van der Waals surface area contributed by atoms with E-state index in [1.165, 1.54) is 0 Å². The summed E-state index contributed by atoms with van der Waals surface area (Å²) in [5.74, 6) is 0. The van der Waals surface area contributed by atoms with Crippen LogP contribution < -0.4 is 5.56 Å². The molecular formula is C22H24N4OS. The molecule has 4 heterocycles. The molecule has 0 spiro atoms. The van der Waals surface area contributed by atoms with Crippen molar-refractivity contribution in [1.29, 1.82) is 0 Å². The fourth-order valence-electron chi connectivity index (χ4n) is 4.32. The molecule has 1 fully saturated rings. The molecule has 4 aromatic rings. The van der Waals surface area contributed by atoms with Gasteiger partial charge in [-0.1, -0.05) is 0 Å². The van der Waals surface area contributed by atoms with Crippen LogP contribution in [0.2, 0.25) is 0 Å². The van der Waals surface area contributed by atoms with Gasteiger partial charge in [-0.15, -0.1) is 11.3 Å². The molecule has 1 saturated heterocycles. The van der Waals surface area contributed by atoms with E-state index in [1.807, 2.05) is 28.7 Å². The SMILES string of the molecule is Cc1cc(-c2cc3ccn(C4CCN(C)CC4)c(=O)c3s2)cc2cn(C)nc12. The molecule has 0 radical (unpaired) electrons. The standard InChI is InChI=1S/C22H24N4OS/c1-14-10-16(11-17-13-25(3)23-20(14)17)19-12-15-4-9-26(22(27)21(15)28-19)18-5-7-24(2)8-6-18/h4,9-13,18H,5-8H2,1-3H3. The zero-order valence-electron chi connectivity index (χ0n) is 16.5. The average molecular weight is 393 g/mol. The molecule has 1 aliphatic heterocycles. The van der Waals surface area contributed by atoms with Gasteiger partial charge in [0, 0.05) is 41.1 Å². The summed E-state index contributed by atoms with van der Waals surface area (Å²) in [6.45, 7) is 4.20. The zero-order chi connectivity index (χ0) is 19.4. The van der Waals surface area contributed by atoms with Gasteiger partial charge in [-0.25, -0.2) is 0 Å². The fraction of sp³-hybridized carbons (Fsp3) is 0.364. The summed E-state index contributed by atoms with van der Waals surface area (Å²) in [6.07, 6.45) is 6.12. The van der Waals surface area contributed by atoms with E-state index in [4.69, 9.17) is 0 Å². The Labute approximate surface area is 167 Å². The molecule has 28 heavy (non-hydrogen) atoms. The number of aryl methyl sites for hydroxylation is 2. The number of fused-ring (bicyclic) bond motifs is 2. The number of rotatable bonds is 2. The molecule has 0 bridgehead atoms. The first-order valence-corrected chi connectivity index (χ1v) is 10.6. The maximum atomic E-state index is 13.2. The Morgan fingerprint density at radius 1 is 1.11 bits per heavy atom. The molecule has 1 aromatic carbocycles. The predicted molar refractivity (Wildman–Crippen MR) is 116 cm³/mol. The van der Waals surface area contributed by atoms with E-state index >= 15 is 0 Å². The third-order valence-electron chi connectivity index (χ3n) is 5.88. The highest BCUT2D eigenvalue weighted by molar-refractivity contribution is 7.22. The summed E-state index contributed by atoms with van der Waals surface area (Å²) in [7, 11) is 4.10. The number of aromatic nitrogens is 3. The minimum Gasteiger partial charge on any atom is -0.311 e. The van der Waals surface area contributed by atoms with Crippen molar-refractivity contribution in [2.45, 2.75) is 25.8 Å². The van der Waals surface area contributed by atoms with Crippen molar-refractivity contribution in [3.8, 4) is 10.4 Å². The highest BCUT2D eigenvalue weighted by Gasteiger charge is 2.20. The van der Waals surface area contributed by atoms with Crippen LogP contribution >= 0.6 is 11.3 Å². The Morgan fingerprint density at radius 3 is 2.68 bits per heavy atom. The Hall–Kier alpha value is -2.44. The predicted octanol–water partition coefficient (Wildman–Crippen LogP) is 4.19. The Kier molecular flexibility index (Phi) is 4.14. The van der Waals surface area contributed by atoms with E-state index in [-0.39, 0.29) is 5.56 Å². The molecule has 144 valence electrons. The highest BCUT2D eigenvalue weighted by atomic mass is 32.1. The van der Waals surface area contributed by atoms with Crippen LogP contribution in [0.25, 0.3) is 31.4 Å². The fourth-order valence-corrected chi connectivity index (χ4v) is 5.40. The third-order valence-corrected chi connectivity index (χ3v) is 7.07. The second-order valence-corrected chi connectivity index (χ2v) is 9.04. The molecule has 3 aromatic heterocycles. The number of hydrogen-bond donors (Lipinski definition) is 0. The minimum atomic E-state index is 0.155. The summed E-state index contributed by atoms with van der Waals surface area (Å²) in [4.78, 5) is 16.7. The van der Waals surface area contributed by atoms with Gasteiger partial charge in [0.05, 0.1) is 5.52 Å². The van der Waals surface area contributed by atoms with Gasteiger partial charge in [0.2, 0.25) is 0 Å². The van der Waals surface area contributed by atoms with Gasteiger partial charge >= 0.3 is 0 Å². The van der Waals surface area contributed by atoms with Crippen molar-refractivity contribution in [3.05, 3.63) is 52.6 Å². The first-order chi connectivity index (χ1) is 13.5. The molecule has 0 N–H and O–H groups in total. The van der Waals surface area contributed by atoms with Crippen LogP contribution in [0.4, 0.5) is 0 Å². The van der Waals surface area contributed by atoms with Crippen molar-refractivity contribution in [2.24, 2.45) is 7.05 Å². The lowest BCUT2D eigenvalue weighted by atomic mass is 10.0. The van der Waals surface area contributed by atoms with Crippen LogP contribution in [0.5, 0.6) is 0 Å². The molecule has 0 aliphatic carbocycles. The Bertz CT molecular complexity index is 1240.